The second kappa shape index (κ2) is 7.81. The van der Waals surface area contributed by atoms with Gasteiger partial charge >= 0.3 is 0 Å². The Bertz CT molecular complexity index is 790. The van der Waals surface area contributed by atoms with E-state index in [4.69, 9.17) is 0 Å². The van der Waals surface area contributed by atoms with Crippen LogP contribution in [0.2, 0.25) is 0 Å². The van der Waals surface area contributed by atoms with Crippen LogP contribution in [-0.2, 0) is 6.54 Å². The van der Waals surface area contributed by atoms with E-state index in [1.54, 1.807) is 18.2 Å². The predicted molar refractivity (Wildman–Crippen MR) is 105 cm³/mol. The van der Waals surface area contributed by atoms with Gasteiger partial charge in [-0.3, -0.25) is 9.69 Å². The molecule has 0 unspecified atom stereocenters. The lowest BCUT2D eigenvalue weighted by Gasteiger charge is -2.49. The fraction of sp³-hybridized carbons (Fsp3) is 0.435. The van der Waals surface area contributed by atoms with Gasteiger partial charge in [-0.1, -0.05) is 48.4 Å². The maximum atomic E-state index is 13.9. The number of nitrogens with zero attached hydrogens (tertiary/aromatic N) is 1. The summed E-state index contributed by atoms with van der Waals surface area (Å²) in [7, 11) is 0. The highest BCUT2D eigenvalue weighted by molar-refractivity contribution is 5.94. The minimum atomic E-state index is -0.452. The average molecular weight is 366 g/mol. The van der Waals surface area contributed by atoms with Crippen molar-refractivity contribution < 1.29 is 9.18 Å². The lowest BCUT2D eigenvalue weighted by atomic mass is 9.81. The Morgan fingerprint density at radius 3 is 2.41 bits per heavy atom. The molecule has 0 radical (unpaired) electrons. The van der Waals surface area contributed by atoms with Crippen molar-refractivity contribution in [2.24, 2.45) is 0 Å². The SMILES string of the molecule is Cc1ccc(CN2[C@H]3CCC[C@H]2CC(NC(=O)c2ccccc2F)C3)cc1. The first-order chi connectivity index (χ1) is 13.1. The van der Waals surface area contributed by atoms with Crippen molar-refractivity contribution in [3.05, 3.63) is 71.0 Å². The quantitative estimate of drug-likeness (QED) is 0.867. The molecule has 4 heteroatoms. The lowest BCUT2D eigenvalue weighted by molar-refractivity contribution is 0.0176. The van der Waals surface area contributed by atoms with Gasteiger partial charge in [-0.25, -0.2) is 4.39 Å². The molecular formula is C23H27FN2O. The maximum Gasteiger partial charge on any atom is 0.254 e. The largest absolute Gasteiger partial charge is 0.349 e. The highest BCUT2D eigenvalue weighted by Gasteiger charge is 2.38. The summed E-state index contributed by atoms with van der Waals surface area (Å²) in [5.41, 5.74) is 2.78. The van der Waals surface area contributed by atoms with Gasteiger partial charge in [0.2, 0.25) is 0 Å². The predicted octanol–water partition coefficient (Wildman–Crippen LogP) is 4.45. The van der Waals surface area contributed by atoms with Crippen LogP contribution in [0, 0.1) is 12.7 Å². The van der Waals surface area contributed by atoms with Crippen LogP contribution in [0.5, 0.6) is 0 Å². The van der Waals surface area contributed by atoms with Crippen LogP contribution >= 0.6 is 0 Å². The summed E-state index contributed by atoms with van der Waals surface area (Å²) in [6, 6.07) is 16.1. The molecule has 1 amide bonds. The van der Waals surface area contributed by atoms with Crippen LogP contribution in [0.1, 0.15) is 53.6 Å². The Kier molecular flexibility index (Phi) is 5.26. The molecule has 2 bridgehead atoms. The van der Waals surface area contributed by atoms with Crippen molar-refractivity contribution in [2.75, 3.05) is 0 Å². The molecule has 1 N–H and O–H groups in total. The Hall–Kier alpha value is -2.20. The van der Waals surface area contributed by atoms with Gasteiger partial charge < -0.3 is 5.32 Å². The van der Waals surface area contributed by atoms with E-state index in [0.717, 1.165) is 19.4 Å². The molecule has 3 nitrogen and oxygen atoms in total. The zero-order valence-corrected chi connectivity index (χ0v) is 15.8. The van der Waals surface area contributed by atoms with E-state index < -0.39 is 5.82 Å². The number of carbonyl (C=O) groups is 1. The molecule has 0 spiro atoms. The molecule has 2 atom stereocenters. The summed E-state index contributed by atoms with van der Waals surface area (Å²) in [4.78, 5) is 15.1. The van der Waals surface area contributed by atoms with Crippen molar-refractivity contribution in [3.63, 3.8) is 0 Å². The fourth-order valence-corrected chi connectivity index (χ4v) is 4.67. The third-order valence-corrected chi connectivity index (χ3v) is 6.07. The smallest absolute Gasteiger partial charge is 0.254 e. The Morgan fingerprint density at radius 1 is 1.07 bits per heavy atom. The van der Waals surface area contributed by atoms with Gasteiger partial charge in [0.1, 0.15) is 5.82 Å². The summed E-state index contributed by atoms with van der Waals surface area (Å²) in [5, 5.41) is 3.09. The fourth-order valence-electron chi connectivity index (χ4n) is 4.67. The molecule has 2 aliphatic heterocycles. The first kappa shape index (κ1) is 18.2. The summed E-state index contributed by atoms with van der Waals surface area (Å²) < 4.78 is 13.9. The van der Waals surface area contributed by atoms with Crippen LogP contribution in [-0.4, -0.2) is 28.9 Å². The van der Waals surface area contributed by atoms with E-state index in [-0.39, 0.29) is 17.5 Å². The maximum absolute atomic E-state index is 13.9. The molecule has 142 valence electrons. The van der Waals surface area contributed by atoms with Crippen molar-refractivity contribution >= 4 is 5.91 Å². The highest BCUT2D eigenvalue weighted by atomic mass is 19.1. The lowest BCUT2D eigenvalue weighted by Crippen LogP contribution is -2.56. The molecule has 2 saturated heterocycles. The first-order valence-corrected chi connectivity index (χ1v) is 9.97. The van der Waals surface area contributed by atoms with E-state index in [1.807, 2.05) is 0 Å². The van der Waals surface area contributed by atoms with E-state index in [1.165, 1.54) is 36.5 Å². The summed E-state index contributed by atoms with van der Waals surface area (Å²) in [6.07, 6.45) is 5.50. The third kappa shape index (κ3) is 4.06. The number of amides is 1. The Morgan fingerprint density at radius 2 is 1.74 bits per heavy atom. The number of benzene rings is 2. The van der Waals surface area contributed by atoms with Crippen LogP contribution < -0.4 is 5.32 Å². The number of hydrogen-bond donors (Lipinski definition) is 1. The van der Waals surface area contributed by atoms with Crippen molar-refractivity contribution in [1.29, 1.82) is 0 Å². The number of carbonyl (C=O) groups excluding carboxylic acids is 1. The summed E-state index contributed by atoms with van der Waals surface area (Å²) >= 11 is 0. The molecule has 4 rings (SSSR count). The molecule has 27 heavy (non-hydrogen) atoms. The normalized spacial score (nSPS) is 25.2. The first-order valence-electron chi connectivity index (χ1n) is 9.97. The molecule has 2 heterocycles. The molecule has 2 aliphatic rings. The third-order valence-electron chi connectivity index (χ3n) is 6.07. The van der Waals surface area contributed by atoms with Gasteiger partial charge in [0.15, 0.2) is 0 Å². The topological polar surface area (TPSA) is 32.3 Å². The Balaban J connectivity index is 1.42. The van der Waals surface area contributed by atoms with Gasteiger partial charge in [0.25, 0.3) is 5.91 Å². The van der Waals surface area contributed by atoms with Crippen molar-refractivity contribution in [2.45, 2.75) is 63.7 Å². The molecular weight excluding hydrogens is 339 g/mol. The number of hydrogen-bond acceptors (Lipinski definition) is 2. The van der Waals surface area contributed by atoms with Gasteiger partial charge in [-0.15, -0.1) is 0 Å². The number of fused-ring (bicyclic) bond motifs is 2. The van der Waals surface area contributed by atoms with Gasteiger partial charge in [0, 0.05) is 24.7 Å². The van der Waals surface area contributed by atoms with Crippen LogP contribution in [0.4, 0.5) is 4.39 Å². The summed E-state index contributed by atoms with van der Waals surface area (Å²) in [5.74, 6) is -0.741. The minimum absolute atomic E-state index is 0.127. The monoisotopic (exact) mass is 366 g/mol. The highest BCUT2D eigenvalue weighted by Crippen LogP contribution is 2.35. The van der Waals surface area contributed by atoms with Gasteiger partial charge in [-0.05, 0) is 50.3 Å². The molecule has 0 aliphatic carbocycles. The van der Waals surface area contributed by atoms with Gasteiger partial charge in [-0.2, -0.15) is 0 Å². The van der Waals surface area contributed by atoms with Gasteiger partial charge in [0.05, 0.1) is 5.56 Å². The molecule has 2 aromatic carbocycles. The zero-order chi connectivity index (χ0) is 18.8. The second-order valence-electron chi connectivity index (χ2n) is 8.02. The van der Waals surface area contributed by atoms with Crippen LogP contribution in [0.25, 0.3) is 0 Å². The van der Waals surface area contributed by atoms with Crippen LogP contribution in [0.15, 0.2) is 48.5 Å². The molecule has 2 aromatic rings. The number of rotatable bonds is 4. The van der Waals surface area contributed by atoms with E-state index in [9.17, 15) is 9.18 Å². The minimum Gasteiger partial charge on any atom is -0.349 e. The number of nitrogens with one attached hydrogen (secondary N) is 1. The van der Waals surface area contributed by atoms with Crippen molar-refractivity contribution in [1.82, 2.24) is 10.2 Å². The number of aryl methyl sites for hydroxylation is 1. The van der Waals surface area contributed by atoms with Crippen LogP contribution in [0.3, 0.4) is 0 Å². The molecule has 2 fully saturated rings. The van der Waals surface area contributed by atoms with Crippen molar-refractivity contribution in [3.8, 4) is 0 Å². The summed E-state index contributed by atoms with van der Waals surface area (Å²) in [6.45, 7) is 3.09. The van der Waals surface area contributed by atoms with E-state index in [0.29, 0.717) is 12.1 Å². The Labute approximate surface area is 160 Å². The second-order valence-corrected chi connectivity index (χ2v) is 8.02. The van der Waals surface area contributed by atoms with E-state index in [2.05, 4.69) is 41.4 Å². The number of piperidine rings is 2. The zero-order valence-electron chi connectivity index (χ0n) is 15.8. The number of halogens is 1. The molecule has 0 saturated carbocycles. The van der Waals surface area contributed by atoms with E-state index >= 15 is 0 Å². The standard InChI is InChI=1S/C23H27FN2O/c1-16-9-11-17(12-10-16)15-26-19-5-4-6-20(26)14-18(13-19)25-23(27)21-7-2-3-8-22(21)24/h2-3,7-12,18-20H,4-6,13-15H2,1H3,(H,25,27)/t19-,20-/m0/s1. The molecule has 0 aromatic heterocycles. The average Bonchev–Trinajstić information content (AvgIpc) is 2.64.